The van der Waals surface area contributed by atoms with Crippen molar-refractivity contribution in [1.82, 2.24) is 15.2 Å². The van der Waals surface area contributed by atoms with Gasteiger partial charge in [-0.2, -0.15) is 0 Å². The summed E-state index contributed by atoms with van der Waals surface area (Å²) in [5.41, 5.74) is 1.05. The van der Waals surface area contributed by atoms with E-state index in [1.54, 1.807) is 17.4 Å². The van der Waals surface area contributed by atoms with Gasteiger partial charge in [0.05, 0.1) is 5.69 Å². The van der Waals surface area contributed by atoms with Gasteiger partial charge in [0.15, 0.2) is 5.13 Å². The molecule has 20 heavy (non-hydrogen) atoms. The molecule has 5 nitrogen and oxygen atoms in total. The van der Waals surface area contributed by atoms with E-state index in [-0.39, 0.29) is 5.91 Å². The van der Waals surface area contributed by atoms with Crippen molar-refractivity contribution in [3.63, 3.8) is 0 Å². The van der Waals surface area contributed by atoms with Crippen LogP contribution in [0.2, 0.25) is 0 Å². The van der Waals surface area contributed by atoms with Gasteiger partial charge in [-0.15, -0.1) is 11.3 Å². The van der Waals surface area contributed by atoms with Crippen molar-refractivity contribution in [1.29, 1.82) is 0 Å². The van der Waals surface area contributed by atoms with E-state index in [2.05, 4.69) is 10.3 Å². The lowest BCUT2D eigenvalue weighted by molar-refractivity contribution is -0.116. The third kappa shape index (κ3) is 5.71. The van der Waals surface area contributed by atoms with Crippen LogP contribution in [0.1, 0.15) is 10.6 Å². The fourth-order valence-electron chi connectivity index (χ4n) is 1.56. The minimum atomic E-state index is -0.0400. The molecule has 6 heteroatoms. The lowest BCUT2D eigenvalue weighted by Gasteiger charge is -2.05. The fraction of sp³-hybridized carbons (Fsp3) is 0.571. The number of hydrogen-bond acceptors (Lipinski definition) is 5. The first-order valence-electron chi connectivity index (χ1n) is 6.63. The van der Waals surface area contributed by atoms with E-state index in [1.807, 2.05) is 51.0 Å². The van der Waals surface area contributed by atoms with Crippen LogP contribution in [0.3, 0.4) is 0 Å². The number of amides is 1. The summed E-state index contributed by atoms with van der Waals surface area (Å²) in [7, 11) is 7.91. The van der Waals surface area contributed by atoms with E-state index < -0.39 is 0 Å². The maximum absolute atomic E-state index is 11.6. The molecule has 0 bridgehead atoms. The van der Waals surface area contributed by atoms with Crippen LogP contribution in [0, 0.1) is 6.92 Å². The molecule has 0 aliphatic rings. The number of hydrogen-bond donors (Lipinski definition) is 1. The average Bonchev–Trinajstić information content (AvgIpc) is 2.71. The number of carbonyl (C=O) groups is 1. The molecule has 0 atom stereocenters. The predicted molar refractivity (Wildman–Crippen MR) is 85.6 cm³/mol. The highest BCUT2D eigenvalue weighted by molar-refractivity contribution is 7.15. The third-order valence-electron chi connectivity index (χ3n) is 2.66. The van der Waals surface area contributed by atoms with E-state index in [4.69, 9.17) is 0 Å². The van der Waals surface area contributed by atoms with E-state index in [1.165, 1.54) is 4.88 Å². The predicted octanol–water partition coefficient (Wildman–Crippen LogP) is 1.29. The molecule has 1 aromatic rings. The molecule has 0 spiro atoms. The molecule has 0 unspecified atom stereocenters. The van der Waals surface area contributed by atoms with Gasteiger partial charge in [0.25, 0.3) is 0 Å². The van der Waals surface area contributed by atoms with Crippen LogP contribution in [0.4, 0.5) is 5.13 Å². The summed E-state index contributed by atoms with van der Waals surface area (Å²) in [6.07, 6.45) is 4.27. The summed E-state index contributed by atoms with van der Waals surface area (Å²) in [6, 6.07) is 0. The lowest BCUT2D eigenvalue weighted by Crippen LogP contribution is -2.24. The van der Waals surface area contributed by atoms with E-state index >= 15 is 0 Å². The Balaban J connectivity index is 2.37. The number of carbonyl (C=O) groups excluding carboxylic acids is 1. The Bertz CT molecular complexity index is 466. The van der Waals surface area contributed by atoms with Crippen molar-refractivity contribution < 1.29 is 4.79 Å². The SMILES string of the molecule is Cc1nc(N(C)C)sc1CCNC(=O)/C=C/CN(C)C. The maximum Gasteiger partial charge on any atom is 0.243 e. The highest BCUT2D eigenvalue weighted by Crippen LogP contribution is 2.24. The second-order valence-electron chi connectivity index (χ2n) is 5.11. The third-order valence-corrected chi connectivity index (χ3v) is 4.04. The summed E-state index contributed by atoms with van der Waals surface area (Å²) >= 11 is 1.68. The Hall–Kier alpha value is -1.40. The second-order valence-corrected chi connectivity index (χ2v) is 6.17. The van der Waals surface area contributed by atoms with Crippen molar-refractivity contribution in [2.75, 3.05) is 46.2 Å². The van der Waals surface area contributed by atoms with Gasteiger partial charge in [-0.25, -0.2) is 4.98 Å². The highest BCUT2D eigenvalue weighted by atomic mass is 32.1. The average molecular weight is 296 g/mol. The van der Waals surface area contributed by atoms with Gasteiger partial charge in [-0.3, -0.25) is 4.79 Å². The zero-order valence-electron chi connectivity index (χ0n) is 12.9. The molecule has 0 aliphatic heterocycles. The molecule has 1 N–H and O–H groups in total. The molecule has 1 amide bonds. The normalized spacial score (nSPS) is 11.3. The first-order valence-corrected chi connectivity index (χ1v) is 7.44. The first kappa shape index (κ1) is 16.7. The quantitative estimate of drug-likeness (QED) is 0.771. The molecule has 1 rings (SSSR count). The number of likely N-dealkylation sites (N-methyl/N-ethyl adjacent to an activating group) is 1. The summed E-state index contributed by atoms with van der Waals surface area (Å²) in [5.74, 6) is -0.0400. The first-order chi connectivity index (χ1) is 9.40. The van der Waals surface area contributed by atoms with Crippen LogP contribution in [-0.4, -0.2) is 57.1 Å². The Labute approximate surface area is 125 Å². The van der Waals surface area contributed by atoms with Crippen molar-refractivity contribution in [3.05, 3.63) is 22.7 Å². The zero-order chi connectivity index (χ0) is 15.1. The molecular formula is C14H24N4OS. The molecule has 1 aromatic heterocycles. The minimum Gasteiger partial charge on any atom is -0.354 e. The van der Waals surface area contributed by atoms with Gasteiger partial charge < -0.3 is 15.1 Å². The topological polar surface area (TPSA) is 48.5 Å². The van der Waals surface area contributed by atoms with Crippen LogP contribution < -0.4 is 10.2 Å². The smallest absolute Gasteiger partial charge is 0.243 e. The number of anilines is 1. The Morgan fingerprint density at radius 2 is 2.05 bits per heavy atom. The van der Waals surface area contributed by atoms with Crippen LogP contribution in [-0.2, 0) is 11.2 Å². The van der Waals surface area contributed by atoms with E-state index in [0.29, 0.717) is 6.54 Å². The molecule has 1 heterocycles. The van der Waals surface area contributed by atoms with Gasteiger partial charge >= 0.3 is 0 Å². The minimum absolute atomic E-state index is 0.0400. The maximum atomic E-state index is 11.6. The van der Waals surface area contributed by atoms with Gasteiger partial charge in [0.2, 0.25) is 5.91 Å². The molecule has 112 valence electrons. The van der Waals surface area contributed by atoms with Crippen LogP contribution in [0.5, 0.6) is 0 Å². The Morgan fingerprint density at radius 1 is 1.35 bits per heavy atom. The van der Waals surface area contributed by atoms with Gasteiger partial charge in [-0.05, 0) is 21.0 Å². The van der Waals surface area contributed by atoms with Crippen LogP contribution in [0.15, 0.2) is 12.2 Å². The monoisotopic (exact) mass is 296 g/mol. The largest absolute Gasteiger partial charge is 0.354 e. The summed E-state index contributed by atoms with van der Waals surface area (Å²) in [5, 5.41) is 3.90. The molecule has 0 saturated carbocycles. The van der Waals surface area contributed by atoms with Crippen molar-refractivity contribution >= 4 is 22.4 Å². The van der Waals surface area contributed by atoms with Crippen LogP contribution >= 0.6 is 11.3 Å². The molecule has 0 aromatic carbocycles. The number of nitrogens with zero attached hydrogens (tertiary/aromatic N) is 3. The number of nitrogens with one attached hydrogen (secondary N) is 1. The number of rotatable bonds is 7. The second kappa shape index (κ2) is 8.01. The standard InChI is InChI=1S/C14H24N4OS/c1-11-12(20-14(16-11)18(4)5)8-9-15-13(19)7-6-10-17(2)3/h6-7H,8-10H2,1-5H3,(H,15,19)/b7-6+. The summed E-state index contributed by atoms with van der Waals surface area (Å²) in [6.45, 7) is 3.42. The summed E-state index contributed by atoms with van der Waals surface area (Å²) < 4.78 is 0. The fourth-order valence-corrected chi connectivity index (χ4v) is 2.55. The molecule has 0 aliphatic carbocycles. The van der Waals surface area contributed by atoms with E-state index in [0.717, 1.165) is 23.8 Å². The molecule has 0 saturated heterocycles. The Kier molecular flexibility index (Phi) is 6.67. The van der Waals surface area contributed by atoms with Crippen LogP contribution in [0.25, 0.3) is 0 Å². The number of thiazole rings is 1. The number of aryl methyl sites for hydroxylation is 1. The molecule has 0 radical (unpaired) electrons. The molecular weight excluding hydrogens is 272 g/mol. The lowest BCUT2D eigenvalue weighted by atomic mass is 10.3. The molecule has 0 fully saturated rings. The van der Waals surface area contributed by atoms with Gasteiger partial charge in [0.1, 0.15) is 0 Å². The van der Waals surface area contributed by atoms with Gasteiger partial charge in [0, 0.05) is 44.6 Å². The van der Waals surface area contributed by atoms with Crippen molar-refractivity contribution in [2.45, 2.75) is 13.3 Å². The van der Waals surface area contributed by atoms with Crippen molar-refractivity contribution in [2.24, 2.45) is 0 Å². The van der Waals surface area contributed by atoms with Gasteiger partial charge in [-0.1, -0.05) is 6.08 Å². The number of aromatic nitrogens is 1. The highest BCUT2D eigenvalue weighted by Gasteiger charge is 2.08. The van der Waals surface area contributed by atoms with E-state index in [9.17, 15) is 4.79 Å². The van der Waals surface area contributed by atoms with Crippen molar-refractivity contribution in [3.8, 4) is 0 Å². The summed E-state index contributed by atoms with van der Waals surface area (Å²) in [4.78, 5) is 21.3. The Morgan fingerprint density at radius 3 is 2.60 bits per heavy atom. The zero-order valence-corrected chi connectivity index (χ0v) is 13.8.